The lowest BCUT2D eigenvalue weighted by Crippen LogP contribution is -1.99. The van der Waals surface area contributed by atoms with E-state index in [4.69, 9.17) is 0 Å². The molecule has 0 bridgehead atoms. The maximum Gasteiger partial charge on any atom is 0.163 e. The van der Waals surface area contributed by atoms with Gasteiger partial charge in [0.2, 0.25) is 0 Å². The molecule has 3 heterocycles. The number of imidazole rings is 1. The minimum absolute atomic E-state index is 0.748. The predicted octanol–water partition coefficient (Wildman–Crippen LogP) is 1.61. The molecule has 0 aromatic carbocycles. The Morgan fingerprint density at radius 3 is 2.61 bits per heavy atom. The van der Waals surface area contributed by atoms with Gasteiger partial charge in [0.25, 0.3) is 0 Å². The van der Waals surface area contributed by atoms with Gasteiger partial charge in [0, 0.05) is 18.9 Å². The highest BCUT2D eigenvalue weighted by Crippen LogP contribution is 2.21. The topological polar surface area (TPSA) is 69.4 Å². The molecule has 6 nitrogen and oxygen atoms in total. The molecule has 0 aliphatic carbocycles. The van der Waals surface area contributed by atoms with Gasteiger partial charge in [0.1, 0.15) is 23.5 Å². The van der Waals surface area contributed by atoms with Crippen LogP contribution < -0.4 is 0 Å². The Labute approximate surface area is 104 Å². The van der Waals surface area contributed by atoms with Crippen LogP contribution >= 0.6 is 0 Å². The van der Waals surface area contributed by atoms with Crippen LogP contribution in [0.15, 0.2) is 24.9 Å². The molecule has 0 atom stereocenters. The molecule has 0 fully saturated rings. The van der Waals surface area contributed by atoms with E-state index in [0.717, 1.165) is 34.9 Å². The highest BCUT2D eigenvalue weighted by Gasteiger charge is 2.12. The molecule has 18 heavy (non-hydrogen) atoms. The largest absolute Gasteiger partial charge is 0.309 e. The zero-order valence-electron chi connectivity index (χ0n) is 10.2. The van der Waals surface area contributed by atoms with Gasteiger partial charge in [-0.2, -0.15) is 0 Å². The standard InChI is InChI=1S/C12H12N6/c1-3-18-11(9-4-14-8(2)15-5-9)17-10-6-13-7-16-12(10)18/h4-7H,3H2,1-2H3. The molecule has 0 unspecified atom stereocenters. The van der Waals surface area contributed by atoms with Gasteiger partial charge >= 0.3 is 0 Å². The summed E-state index contributed by atoms with van der Waals surface area (Å²) in [6.45, 7) is 4.70. The summed E-state index contributed by atoms with van der Waals surface area (Å²) in [4.78, 5) is 21.2. The number of aromatic nitrogens is 6. The van der Waals surface area contributed by atoms with Crippen molar-refractivity contribution in [1.29, 1.82) is 0 Å². The summed E-state index contributed by atoms with van der Waals surface area (Å²) in [7, 11) is 0. The number of aryl methyl sites for hydroxylation is 2. The van der Waals surface area contributed by atoms with Crippen molar-refractivity contribution in [3.8, 4) is 11.4 Å². The summed E-state index contributed by atoms with van der Waals surface area (Å²) in [6.07, 6.45) is 6.81. The number of nitrogens with zero attached hydrogens (tertiary/aromatic N) is 6. The zero-order chi connectivity index (χ0) is 12.5. The third-order valence-electron chi connectivity index (χ3n) is 2.77. The highest BCUT2D eigenvalue weighted by atomic mass is 15.1. The van der Waals surface area contributed by atoms with Crippen molar-refractivity contribution in [2.45, 2.75) is 20.4 Å². The van der Waals surface area contributed by atoms with E-state index in [0.29, 0.717) is 0 Å². The Kier molecular flexibility index (Phi) is 2.47. The fourth-order valence-corrected chi connectivity index (χ4v) is 1.91. The number of hydrogen-bond donors (Lipinski definition) is 0. The third-order valence-corrected chi connectivity index (χ3v) is 2.77. The van der Waals surface area contributed by atoms with Gasteiger partial charge in [0.05, 0.1) is 11.8 Å². The molecule has 90 valence electrons. The molecule has 0 spiro atoms. The Bertz CT molecular complexity index is 685. The number of fused-ring (bicyclic) bond motifs is 1. The van der Waals surface area contributed by atoms with E-state index < -0.39 is 0 Å². The first-order chi connectivity index (χ1) is 8.79. The van der Waals surface area contributed by atoms with E-state index in [1.54, 1.807) is 18.6 Å². The van der Waals surface area contributed by atoms with Crippen LogP contribution in [0.25, 0.3) is 22.6 Å². The second-order valence-electron chi connectivity index (χ2n) is 3.93. The van der Waals surface area contributed by atoms with Crippen LogP contribution in [-0.4, -0.2) is 29.5 Å². The van der Waals surface area contributed by atoms with Crippen molar-refractivity contribution in [1.82, 2.24) is 29.5 Å². The van der Waals surface area contributed by atoms with Crippen LogP contribution in [0.2, 0.25) is 0 Å². The van der Waals surface area contributed by atoms with Crippen LogP contribution in [0.4, 0.5) is 0 Å². The highest BCUT2D eigenvalue weighted by molar-refractivity contribution is 5.75. The van der Waals surface area contributed by atoms with Crippen molar-refractivity contribution >= 4 is 11.2 Å². The van der Waals surface area contributed by atoms with Crippen LogP contribution in [0.1, 0.15) is 12.7 Å². The monoisotopic (exact) mass is 240 g/mol. The van der Waals surface area contributed by atoms with Gasteiger partial charge in [-0.25, -0.2) is 24.9 Å². The zero-order valence-corrected chi connectivity index (χ0v) is 10.2. The SMILES string of the molecule is CCn1c(-c2cnc(C)nc2)nc2cncnc21. The smallest absolute Gasteiger partial charge is 0.163 e. The van der Waals surface area contributed by atoms with Crippen LogP contribution in [0, 0.1) is 6.92 Å². The normalized spacial score (nSPS) is 11.0. The van der Waals surface area contributed by atoms with Gasteiger partial charge in [-0.1, -0.05) is 0 Å². The van der Waals surface area contributed by atoms with E-state index in [1.165, 1.54) is 6.33 Å². The third kappa shape index (κ3) is 1.62. The Balaban J connectivity index is 2.25. The summed E-state index contributed by atoms with van der Waals surface area (Å²) < 4.78 is 2.03. The predicted molar refractivity (Wildman–Crippen MR) is 66.8 cm³/mol. The molecule has 0 amide bonds. The van der Waals surface area contributed by atoms with E-state index in [-0.39, 0.29) is 0 Å². The van der Waals surface area contributed by atoms with Gasteiger partial charge in [-0.3, -0.25) is 0 Å². The molecular weight excluding hydrogens is 228 g/mol. The van der Waals surface area contributed by atoms with E-state index in [1.807, 2.05) is 11.5 Å². The van der Waals surface area contributed by atoms with Gasteiger partial charge in [-0.15, -0.1) is 0 Å². The second kappa shape index (κ2) is 4.14. The van der Waals surface area contributed by atoms with E-state index >= 15 is 0 Å². The molecule has 0 aliphatic heterocycles. The summed E-state index contributed by atoms with van der Waals surface area (Å²) in [6, 6.07) is 0. The maximum atomic E-state index is 4.54. The van der Waals surface area contributed by atoms with Crippen molar-refractivity contribution < 1.29 is 0 Å². The van der Waals surface area contributed by atoms with Gasteiger partial charge in [-0.05, 0) is 13.8 Å². The first kappa shape index (κ1) is 10.8. The minimum atomic E-state index is 0.748. The van der Waals surface area contributed by atoms with Crippen molar-refractivity contribution in [2.75, 3.05) is 0 Å². The van der Waals surface area contributed by atoms with Crippen LogP contribution in [-0.2, 0) is 6.54 Å². The fourth-order valence-electron chi connectivity index (χ4n) is 1.91. The average molecular weight is 240 g/mol. The molecule has 3 aromatic rings. The lowest BCUT2D eigenvalue weighted by atomic mass is 10.3. The van der Waals surface area contributed by atoms with E-state index in [2.05, 4.69) is 31.8 Å². The van der Waals surface area contributed by atoms with E-state index in [9.17, 15) is 0 Å². The molecule has 0 radical (unpaired) electrons. The molecular formula is C12H12N6. The molecule has 0 N–H and O–H groups in total. The maximum absolute atomic E-state index is 4.54. The first-order valence-electron chi connectivity index (χ1n) is 5.75. The molecule has 3 aromatic heterocycles. The lowest BCUT2D eigenvalue weighted by molar-refractivity contribution is 0.785. The summed E-state index contributed by atoms with van der Waals surface area (Å²) in [5.41, 5.74) is 2.51. The fraction of sp³-hybridized carbons (Fsp3) is 0.250. The van der Waals surface area contributed by atoms with Gasteiger partial charge < -0.3 is 4.57 Å². The molecule has 0 saturated carbocycles. The Morgan fingerprint density at radius 1 is 1.11 bits per heavy atom. The molecule has 6 heteroatoms. The average Bonchev–Trinajstić information content (AvgIpc) is 2.78. The summed E-state index contributed by atoms with van der Waals surface area (Å²) in [5, 5.41) is 0. The second-order valence-corrected chi connectivity index (χ2v) is 3.93. The van der Waals surface area contributed by atoms with Crippen molar-refractivity contribution in [2.24, 2.45) is 0 Å². The molecule has 0 saturated heterocycles. The Hall–Kier alpha value is -2.37. The van der Waals surface area contributed by atoms with Crippen LogP contribution in [0.5, 0.6) is 0 Å². The first-order valence-corrected chi connectivity index (χ1v) is 5.75. The molecule has 3 rings (SSSR count). The number of hydrogen-bond acceptors (Lipinski definition) is 5. The van der Waals surface area contributed by atoms with Gasteiger partial charge in [0.15, 0.2) is 5.65 Å². The Morgan fingerprint density at radius 2 is 1.89 bits per heavy atom. The quantitative estimate of drug-likeness (QED) is 0.680. The summed E-state index contributed by atoms with van der Waals surface area (Å²) >= 11 is 0. The minimum Gasteiger partial charge on any atom is -0.309 e. The van der Waals surface area contributed by atoms with Crippen LogP contribution in [0.3, 0.4) is 0 Å². The summed E-state index contributed by atoms with van der Waals surface area (Å²) in [5.74, 6) is 1.57. The van der Waals surface area contributed by atoms with Crippen molar-refractivity contribution in [3.63, 3.8) is 0 Å². The van der Waals surface area contributed by atoms with Crippen molar-refractivity contribution in [3.05, 3.63) is 30.7 Å². The lowest BCUT2D eigenvalue weighted by Gasteiger charge is -2.04. The number of rotatable bonds is 2. The molecule has 0 aliphatic rings.